The molecule has 0 spiro atoms. The molecule has 0 bridgehead atoms. The molecule has 3 fully saturated rings. The van der Waals surface area contributed by atoms with Gasteiger partial charge < -0.3 is 26.2 Å². The summed E-state index contributed by atoms with van der Waals surface area (Å²) in [5, 5.41) is 11.2. The average Bonchev–Trinajstić information content (AvgIpc) is 3.27. The van der Waals surface area contributed by atoms with Gasteiger partial charge in [-0.3, -0.25) is 19.2 Å². The van der Waals surface area contributed by atoms with Crippen LogP contribution in [0.5, 0.6) is 0 Å². The molecule has 48 heavy (non-hydrogen) atoms. The van der Waals surface area contributed by atoms with Gasteiger partial charge in [0.05, 0.1) is 22.1 Å². The number of rotatable bonds is 13. The molecule has 0 unspecified atom stereocenters. The Morgan fingerprint density at radius 3 is 2.04 bits per heavy atom. The van der Waals surface area contributed by atoms with Crippen molar-refractivity contribution in [3.8, 4) is 0 Å². The number of fused-ring (bicyclic) bond motifs is 1. The zero-order valence-corrected chi connectivity index (χ0v) is 31.7. The number of carbonyl (C=O) groups is 5. The number of nitrogens with one attached hydrogen (secondary N) is 4. The third-order valence-corrected chi connectivity index (χ3v) is 13.6. The number of hydrogen-bond donors (Lipinski definition) is 4. The highest BCUT2D eigenvalue weighted by atomic mass is 32.2. The molecular formula is C35H61N5O7S. The molecule has 0 aromatic heterocycles. The lowest BCUT2D eigenvalue weighted by atomic mass is 9.83. The quantitative estimate of drug-likeness (QED) is 0.214. The highest BCUT2D eigenvalue weighted by Crippen LogP contribution is 2.65. The third-order valence-electron chi connectivity index (χ3n) is 10.8. The molecule has 0 radical (unpaired) electrons. The molecule has 2 aliphatic carbocycles. The highest BCUT2D eigenvalue weighted by molar-refractivity contribution is 7.92. The summed E-state index contributed by atoms with van der Waals surface area (Å²) in [4.78, 5) is 69.1. The van der Waals surface area contributed by atoms with E-state index in [4.69, 9.17) is 0 Å². The minimum absolute atomic E-state index is 0.0629. The Balaban J connectivity index is 1.86. The molecule has 5 amide bonds. The second-order valence-electron chi connectivity index (χ2n) is 16.9. The van der Waals surface area contributed by atoms with Crippen molar-refractivity contribution in [2.45, 2.75) is 149 Å². The summed E-state index contributed by atoms with van der Waals surface area (Å²) in [6.07, 6.45) is 5.26. The van der Waals surface area contributed by atoms with E-state index in [9.17, 15) is 32.4 Å². The van der Waals surface area contributed by atoms with Crippen LogP contribution in [0.25, 0.3) is 0 Å². The molecule has 13 heteroatoms. The van der Waals surface area contributed by atoms with Crippen LogP contribution in [-0.2, 0) is 29.0 Å². The van der Waals surface area contributed by atoms with Crippen LogP contribution in [0.3, 0.4) is 0 Å². The van der Waals surface area contributed by atoms with Crippen LogP contribution in [0.2, 0.25) is 0 Å². The second-order valence-corrected chi connectivity index (χ2v) is 19.7. The van der Waals surface area contributed by atoms with E-state index in [1.54, 1.807) is 27.7 Å². The van der Waals surface area contributed by atoms with Crippen molar-refractivity contribution in [3.05, 3.63) is 0 Å². The Morgan fingerprint density at radius 2 is 1.52 bits per heavy atom. The van der Waals surface area contributed by atoms with Crippen LogP contribution >= 0.6 is 0 Å². The first-order valence-corrected chi connectivity index (χ1v) is 19.4. The third kappa shape index (κ3) is 8.71. The van der Waals surface area contributed by atoms with E-state index >= 15 is 0 Å². The monoisotopic (exact) mass is 695 g/mol. The molecule has 2 saturated carbocycles. The fourth-order valence-electron chi connectivity index (χ4n) is 7.49. The number of likely N-dealkylation sites (tertiary alicyclic amines) is 1. The first kappa shape index (κ1) is 39.7. The lowest BCUT2D eigenvalue weighted by Gasteiger charge is -2.41. The van der Waals surface area contributed by atoms with Crippen LogP contribution in [0.15, 0.2) is 0 Å². The molecule has 274 valence electrons. The molecule has 1 aliphatic heterocycles. The molecule has 1 saturated heterocycles. The highest BCUT2D eigenvalue weighted by Gasteiger charge is 2.70. The number of unbranched alkanes of at least 4 members (excludes halogenated alkanes) is 1. The summed E-state index contributed by atoms with van der Waals surface area (Å²) in [7, 11) is -3.56. The Labute approximate surface area is 288 Å². The Bertz CT molecular complexity index is 1340. The van der Waals surface area contributed by atoms with E-state index in [0.29, 0.717) is 32.2 Å². The standard InChI is InChI=1S/C35H61N5O7S/c1-11-13-17-23(26(41)29(43)36-12-2)37-28(42)25-24-22(34(24,9)10)20-40(25)30(44)27(32(3,4)5)38-31(45)39-35(18-15-14-16-19-35)21-48(46,47)33(6,7)8/h22-25,27H,11-21H2,1-10H3,(H,36,43)(H,37,42)(H2,38,39,45)/t22-,23-,24-,25-,27+/m0/s1. The summed E-state index contributed by atoms with van der Waals surface area (Å²) in [5.74, 6) is -2.63. The van der Waals surface area contributed by atoms with Crippen molar-refractivity contribution < 1.29 is 32.4 Å². The largest absolute Gasteiger partial charge is 0.350 e. The van der Waals surface area contributed by atoms with Crippen molar-refractivity contribution in [1.29, 1.82) is 0 Å². The minimum Gasteiger partial charge on any atom is -0.350 e. The summed E-state index contributed by atoms with van der Waals surface area (Å²) in [6.45, 7) is 18.9. The topological polar surface area (TPSA) is 171 Å². The first-order valence-electron chi connectivity index (χ1n) is 17.8. The number of likely N-dealkylation sites (N-methyl/N-ethyl adjacent to an activating group) is 1. The molecule has 4 N–H and O–H groups in total. The van der Waals surface area contributed by atoms with E-state index in [1.807, 2.05) is 27.7 Å². The van der Waals surface area contributed by atoms with Gasteiger partial charge in [-0.15, -0.1) is 0 Å². The Kier molecular flexibility index (Phi) is 12.1. The summed E-state index contributed by atoms with van der Waals surface area (Å²) in [5.41, 5.74) is -1.91. The van der Waals surface area contributed by atoms with E-state index < -0.39 is 73.2 Å². The molecule has 3 rings (SSSR count). The van der Waals surface area contributed by atoms with Crippen LogP contribution < -0.4 is 21.3 Å². The number of hydrogen-bond acceptors (Lipinski definition) is 7. The second kappa shape index (κ2) is 14.6. The lowest BCUT2D eigenvalue weighted by molar-refractivity contribution is -0.145. The van der Waals surface area contributed by atoms with Gasteiger partial charge in [0.15, 0.2) is 9.84 Å². The first-order chi connectivity index (χ1) is 22.0. The number of amides is 5. The summed E-state index contributed by atoms with van der Waals surface area (Å²) in [6, 6.07) is -3.53. The SMILES string of the molecule is CCCC[C@H](NC(=O)[C@@H]1[C@@H]2[C@H](CN1C(=O)[C@@H](NC(=O)NC1(CS(=O)(=O)C(C)(C)C)CCCCC1)C(C)(C)C)C2(C)C)C(=O)C(=O)NCC. The van der Waals surface area contributed by atoms with Crippen LogP contribution in [0, 0.1) is 22.7 Å². The number of carbonyl (C=O) groups excluding carboxylic acids is 5. The van der Waals surface area contributed by atoms with Gasteiger partial charge in [-0.25, -0.2) is 13.2 Å². The fourth-order valence-corrected chi connectivity index (χ4v) is 9.01. The predicted molar refractivity (Wildman–Crippen MR) is 186 cm³/mol. The molecule has 0 aromatic rings. The number of sulfone groups is 1. The number of piperidine rings is 1. The van der Waals surface area contributed by atoms with Crippen molar-refractivity contribution >= 4 is 39.4 Å². The van der Waals surface area contributed by atoms with Crippen molar-refractivity contribution in [2.75, 3.05) is 18.8 Å². The van der Waals surface area contributed by atoms with E-state index in [2.05, 4.69) is 35.1 Å². The maximum atomic E-state index is 14.4. The molecule has 5 atom stereocenters. The van der Waals surface area contributed by atoms with Gasteiger partial charge in [0.25, 0.3) is 5.91 Å². The zero-order valence-electron chi connectivity index (χ0n) is 30.9. The minimum atomic E-state index is -3.56. The molecule has 3 aliphatic rings. The molecule has 1 heterocycles. The number of ketones is 1. The van der Waals surface area contributed by atoms with Crippen LogP contribution in [0.4, 0.5) is 4.79 Å². The number of urea groups is 1. The van der Waals surface area contributed by atoms with Gasteiger partial charge in [-0.2, -0.15) is 0 Å². The number of nitrogens with zero attached hydrogens (tertiary/aromatic N) is 1. The maximum Gasteiger partial charge on any atom is 0.315 e. The fraction of sp³-hybridized carbons (Fsp3) is 0.857. The Morgan fingerprint density at radius 1 is 0.917 bits per heavy atom. The van der Waals surface area contributed by atoms with Crippen LogP contribution in [-0.4, -0.2) is 90.1 Å². The zero-order chi connectivity index (χ0) is 36.5. The van der Waals surface area contributed by atoms with Gasteiger partial charge in [-0.1, -0.05) is 73.6 Å². The number of Topliss-reactive ketones (excluding diaryl/α,β-unsaturated/α-hetero) is 1. The van der Waals surface area contributed by atoms with E-state index in [0.717, 1.165) is 25.7 Å². The van der Waals surface area contributed by atoms with Crippen molar-refractivity contribution in [1.82, 2.24) is 26.2 Å². The molecular weight excluding hydrogens is 634 g/mol. The Hall–Kier alpha value is -2.70. The summed E-state index contributed by atoms with van der Waals surface area (Å²) >= 11 is 0. The van der Waals surface area contributed by atoms with Gasteiger partial charge in [0.1, 0.15) is 12.1 Å². The van der Waals surface area contributed by atoms with E-state index in [1.165, 1.54) is 4.90 Å². The summed E-state index contributed by atoms with van der Waals surface area (Å²) < 4.78 is 25.6. The smallest absolute Gasteiger partial charge is 0.315 e. The van der Waals surface area contributed by atoms with E-state index in [-0.39, 0.29) is 29.5 Å². The van der Waals surface area contributed by atoms with Crippen LogP contribution in [0.1, 0.15) is 121 Å². The average molecular weight is 696 g/mol. The normalized spacial score (nSPS) is 24.5. The van der Waals surface area contributed by atoms with Gasteiger partial charge in [-0.05, 0) is 69.6 Å². The van der Waals surface area contributed by atoms with Gasteiger partial charge >= 0.3 is 6.03 Å². The van der Waals surface area contributed by atoms with Crippen molar-refractivity contribution in [2.24, 2.45) is 22.7 Å². The maximum absolute atomic E-state index is 14.4. The molecule has 0 aromatic carbocycles. The molecule has 12 nitrogen and oxygen atoms in total. The van der Waals surface area contributed by atoms with Crippen molar-refractivity contribution in [3.63, 3.8) is 0 Å². The van der Waals surface area contributed by atoms with Gasteiger partial charge in [0, 0.05) is 13.1 Å². The lowest BCUT2D eigenvalue weighted by Crippen LogP contribution is -2.64. The predicted octanol–water partition coefficient (Wildman–Crippen LogP) is 3.48. The van der Waals surface area contributed by atoms with Gasteiger partial charge in [0.2, 0.25) is 17.6 Å².